The summed E-state index contributed by atoms with van der Waals surface area (Å²) in [6, 6.07) is 1.61. The number of nitrogens with zero attached hydrogens (tertiary/aromatic N) is 1. The summed E-state index contributed by atoms with van der Waals surface area (Å²) in [6.07, 6.45) is 3.75. The summed E-state index contributed by atoms with van der Waals surface area (Å²) < 4.78 is 0.952. The predicted molar refractivity (Wildman–Crippen MR) is 79.6 cm³/mol. The zero-order valence-electron chi connectivity index (χ0n) is 10.8. The Balaban J connectivity index is 1.93. The molecule has 0 amide bonds. The number of thiophene rings is 1. The standard InChI is InChI=1S/C13H17Cl2NO2S/c1-16(8-13(18)4-2-3-5-13)7-10(17)9-6-11(14)19-12(9)15/h6,18H,2-5,7-8H2,1H3. The molecule has 1 aromatic rings. The first kappa shape index (κ1) is 15.3. The Kier molecular flexibility index (Phi) is 4.90. The zero-order chi connectivity index (χ0) is 14.0. The second-order valence-corrected chi connectivity index (χ2v) is 7.55. The van der Waals surface area contributed by atoms with Crippen molar-refractivity contribution in [2.75, 3.05) is 20.1 Å². The molecule has 1 aliphatic carbocycles. The lowest BCUT2D eigenvalue weighted by Gasteiger charge is -2.28. The van der Waals surface area contributed by atoms with E-state index in [0.717, 1.165) is 25.7 Å². The molecule has 0 unspecified atom stereocenters. The third-order valence-electron chi connectivity index (χ3n) is 3.47. The molecule has 0 aliphatic heterocycles. The van der Waals surface area contributed by atoms with Crippen LogP contribution in [0.25, 0.3) is 0 Å². The lowest BCUT2D eigenvalue weighted by atomic mass is 10.0. The first-order valence-corrected chi connectivity index (χ1v) is 7.86. The first-order valence-electron chi connectivity index (χ1n) is 6.29. The van der Waals surface area contributed by atoms with Crippen molar-refractivity contribution in [1.29, 1.82) is 0 Å². The van der Waals surface area contributed by atoms with Gasteiger partial charge in [0.25, 0.3) is 0 Å². The SMILES string of the molecule is CN(CC(=O)c1cc(Cl)sc1Cl)CC1(O)CCCC1. The number of likely N-dealkylation sites (N-methyl/N-ethyl adjacent to an activating group) is 1. The van der Waals surface area contributed by atoms with Gasteiger partial charge in [-0.3, -0.25) is 9.69 Å². The van der Waals surface area contributed by atoms with Gasteiger partial charge >= 0.3 is 0 Å². The Morgan fingerprint density at radius 3 is 2.63 bits per heavy atom. The molecular weight excluding hydrogens is 305 g/mol. The molecule has 1 aliphatic rings. The average Bonchev–Trinajstić information content (AvgIpc) is 2.84. The van der Waals surface area contributed by atoms with Crippen LogP contribution in [0.3, 0.4) is 0 Å². The van der Waals surface area contributed by atoms with Crippen LogP contribution in [0, 0.1) is 0 Å². The minimum atomic E-state index is -0.634. The molecule has 0 spiro atoms. The molecule has 0 radical (unpaired) electrons. The van der Waals surface area contributed by atoms with Gasteiger partial charge in [-0.05, 0) is 26.0 Å². The molecule has 0 bridgehead atoms. The van der Waals surface area contributed by atoms with Crippen LogP contribution in [-0.4, -0.2) is 41.5 Å². The maximum absolute atomic E-state index is 12.1. The van der Waals surface area contributed by atoms with Gasteiger partial charge in [-0.1, -0.05) is 36.0 Å². The second-order valence-electron chi connectivity index (χ2n) is 5.26. The van der Waals surface area contributed by atoms with E-state index in [1.54, 1.807) is 6.07 Å². The number of carbonyl (C=O) groups excluding carboxylic acids is 1. The van der Waals surface area contributed by atoms with E-state index < -0.39 is 5.60 Å². The van der Waals surface area contributed by atoms with Gasteiger partial charge in [0, 0.05) is 6.54 Å². The van der Waals surface area contributed by atoms with Crippen molar-refractivity contribution >= 4 is 40.3 Å². The summed E-state index contributed by atoms with van der Waals surface area (Å²) in [5.41, 5.74) is -0.160. The Bertz CT molecular complexity index is 469. The van der Waals surface area contributed by atoms with Crippen molar-refractivity contribution in [3.05, 3.63) is 20.3 Å². The maximum Gasteiger partial charge on any atom is 0.179 e. The number of Topliss-reactive ketones (excluding diaryl/α,β-unsaturated/α-hetero) is 1. The summed E-state index contributed by atoms with van der Waals surface area (Å²) in [6.45, 7) is 0.767. The number of hydrogen-bond donors (Lipinski definition) is 1. The van der Waals surface area contributed by atoms with Gasteiger partial charge in [-0.25, -0.2) is 0 Å². The Hall–Kier alpha value is -0.130. The highest BCUT2D eigenvalue weighted by molar-refractivity contribution is 7.20. The van der Waals surface area contributed by atoms with Gasteiger partial charge in [0.2, 0.25) is 0 Å². The van der Waals surface area contributed by atoms with Crippen LogP contribution in [0.15, 0.2) is 6.07 Å². The number of halogens is 2. The number of hydrogen-bond acceptors (Lipinski definition) is 4. The number of ketones is 1. The fraction of sp³-hybridized carbons (Fsp3) is 0.615. The number of carbonyl (C=O) groups is 1. The topological polar surface area (TPSA) is 40.5 Å². The molecular formula is C13H17Cl2NO2S. The third-order valence-corrected chi connectivity index (χ3v) is 4.96. The van der Waals surface area contributed by atoms with Crippen molar-refractivity contribution in [1.82, 2.24) is 4.90 Å². The fourth-order valence-electron chi connectivity index (χ4n) is 2.61. The van der Waals surface area contributed by atoms with E-state index in [9.17, 15) is 9.90 Å². The molecule has 1 heterocycles. The van der Waals surface area contributed by atoms with Crippen molar-refractivity contribution < 1.29 is 9.90 Å². The van der Waals surface area contributed by atoms with Gasteiger partial charge in [0.1, 0.15) is 4.34 Å². The molecule has 0 aromatic carbocycles. The van der Waals surface area contributed by atoms with Gasteiger partial charge in [-0.15, -0.1) is 11.3 Å². The molecule has 1 N–H and O–H groups in total. The van der Waals surface area contributed by atoms with Crippen LogP contribution < -0.4 is 0 Å². The molecule has 6 heteroatoms. The Morgan fingerprint density at radius 2 is 2.11 bits per heavy atom. The van der Waals surface area contributed by atoms with E-state index in [2.05, 4.69) is 0 Å². The van der Waals surface area contributed by atoms with Crippen molar-refractivity contribution in [2.45, 2.75) is 31.3 Å². The number of rotatable bonds is 5. The lowest BCUT2D eigenvalue weighted by Crippen LogP contribution is -2.41. The molecule has 1 saturated carbocycles. The lowest BCUT2D eigenvalue weighted by molar-refractivity contribution is 0.0172. The highest BCUT2D eigenvalue weighted by atomic mass is 35.5. The van der Waals surface area contributed by atoms with E-state index in [-0.39, 0.29) is 12.3 Å². The highest BCUT2D eigenvalue weighted by Crippen LogP contribution is 2.32. The molecule has 1 aromatic heterocycles. The van der Waals surface area contributed by atoms with Gasteiger partial charge in [0.05, 0.1) is 22.0 Å². The average molecular weight is 322 g/mol. The molecule has 3 nitrogen and oxygen atoms in total. The monoisotopic (exact) mass is 321 g/mol. The van der Waals surface area contributed by atoms with Crippen LogP contribution in [-0.2, 0) is 0 Å². The van der Waals surface area contributed by atoms with E-state index in [0.29, 0.717) is 20.8 Å². The smallest absolute Gasteiger partial charge is 0.179 e. The molecule has 0 saturated heterocycles. The summed E-state index contributed by atoms with van der Waals surface area (Å²) in [4.78, 5) is 14.0. The quantitative estimate of drug-likeness (QED) is 0.844. The largest absolute Gasteiger partial charge is 0.389 e. The summed E-state index contributed by atoms with van der Waals surface area (Å²) in [5, 5.41) is 10.3. The minimum absolute atomic E-state index is 0.0581. The maximum atomic E-state index is 12.1. The second kappa shape index (κ2) is 6.10. The number of aliphatic hydroxyl groups is 1. The van der Waals surface area contributed by atoms with Crippen LogP contribution in [0.2, 0.25) is 8.67 Å². The molecule has 1 fully saturated rings. The van der Waals surface area contributed by atoms with Crippen molar-refractivity contribution in [2.24, 2.45) is 0 Å². The van der Waals surface area contributed by atoms with Crippen LogP contribution in [0.4, 0.5) is 0 Å². The summed E-state index contributed by atoms with van der Waals surface area (Å²) in [7, 11) is 1.84. The van der Waals surface area contributed by atoms with Crippen LogP contribution in [0.5, 0.6) is 0 Å². The van der Waals surface area contributed by atoms with E-state index in [1.807, 2.05) is 11.9 Å². The normalized spacial score (nSPS) is 18.2. The summed E-state index contributed by atoms with van der Waals surface area (Å²) >= 11 is 13.0. The third kappa shape index (κ3) is 3.92. The molecule has 0 atom stereocenters. The minimum Gasteiger partial charge on any atom is -0.389 e. The molecule has 106 valence electrons. The molecule has 2 rings (SSSR count). The van der Waals surface area contributed by atoms with E-state index in [4.69, 9.17) is 23.2 Å². The van der Waals surface area contributed by atoms with E-state index in [1.165, 1.54) is 11.3 Å². The van der Waals surface area contributed by atoms with Gasteiger partial charge in [0.15, 0.2) is 5.78 Å². The Morgan fingerprint density at radius 1 is 1.47 bits per heavy atom. The fourth-order valence-corrected chi connectivity index (χ4v) is 4.11. The van der Waals surface area contributed by atoms with Crippen molar-refractivity contribution in [3.8, 4) is 0 Å². The van der Waals surface area contributed by atoms with Crippen LogP contribution >= 0.6 is 34.5 Å². The van der Waals surface area contributed by atoms with Crippen molar-refractivity contribution in [3.63, 3.8) is 0 Å². The highest BCUT2D eigenvalue weighted by Gasteiger charge is 2.32. The van der Waals surface area contributed by atoms with E-state index >= 15 is 0 Å². The van der Waals surface area contributed by atoms with Crippen LogP contribution in [0.1, 0.15) is 36.0 Å². The summed E-state index contributed by atoms with van der Waals surface area (Å²) in [5.74, 6) is -0.0581. The first-order chi connectivity index (χ1) is 8.89. The predicted octanol–water partition coefficient (Wildman–Crippen LogP) is 3.47. The zero-order valence-corrected chi connectivity index (χ0v) is 13.1. The van der Waals surface area contributed by atoms with Gasteiger partial charge < -0.3 is 5.11 Å². The Labute approximate surface area is 127 Å². The molecule has 19 heavy (non-hydrogen) atoms. The van der Waals surface area contributed by atoms with Gasteiger partial charge in [-0.2, -0.15) is 0 Å².